The molecule has 0 spiro atoms. The summed E-state index contributed by atoms with van der Waals surface area (Å²) in [7, 11) is -3.75. The minimum Gasteiger partial charge on any atom is -0.263 e. The summed E-state index contributed by atoms with van der Waals surface area (Å²) in [4.78, 5) is 0. The summed E-state index contributed by atoms with van der Waals surface area (Å²) in [6, 6.07) is 14.2. The molecule has 0 atom stereocenters. The number of sulfonamides is 1. The van der Waals surface area contributed by atoms with Crippen LogP contribution < -0.4 is 4.31 Å². The molecule has 4 nitrogen and oxygen atoms in total. The van der Waals surface area contributed by atoms with Gasteiger partial charge in [0.05, 0.1) is 28.2 Å². The van der Waals surface area contributed by atoms with Crippen molar-refractivity contribution in [3.8, 4) is 6.07 Å². The Labute approximate surface area is 153 Å². The Balaban J connectivity index is 2.47. The second-order valence-electron chi connectivity index (χ2n) is 5.26. The predicted molar refractivity (Wildman–Crippen MR) is 103 cm³/mol. The summed E-state index contributed by atoms with van der Waals surface area (Å²) in [6.45, 7) is 5.40. The Morgan fingerprint density at radius 1 is 1.24 bits per heavy atom. The third kappa shape index (κ3) is 4.30. The molecule has 25 heavy (non-hydrogen) atoms. The van der Waals surface area contributed by atoms with E-state index < -0.39 is 10.0 Å². The Bertz CT molecular complexity index is 945. The van der Waals surface area contributed by atoms with Crippen molar-refractivity contribution in [2.75, 3.05) is 10.8 Å². The number of hydrogen-bond donors (Lipinski definition) is 0. The minimum atomic E-state index is -3.75. The highest BCUT2D eigenvalue weighted by atomic mass is 35.5. The molecule has 0 aliphatic rings. The molecule has 0 unspecified atom stereocenters. The third-order valence-electron chi connectivity index (χ3n) is 3.58. The highest BCUT2D eigenvalue weighted by Crippen LogP contribution is 2.31. The van der Waals surface area contributed by atoms with Crippen molar-refractivity contribution in [2.24, 2.45) is 0 Å². The molecule has 0 N–H and O–H groups in total. The number of hydrogen-bond acceptors (Lipinski definition) is 3. The number of halogens is 1. The Morgan fingerprint density at radius 2 is 1.92 bits per heavy atom. The maximum atomic E-state index is 12.8. The van der Waals surface area contributed by atoms with Gasteiger partial charge in [-0.25, -0.2) is 8.42 Å². The summed E-state index contributed by atoms with van der Waals surface area (Å²) in [5, 5.41) is 10.4. The lowest BCUT2D eigenvalue weighted by Gasteiger charge is -2.23. The van der Waals surface area contributed by atoms with Gasteiger partial charge in [0.1, 0.15) is 6.07 Å². The fourth-order valence-corrected chi connectivity index (χ4v) is 3.75. The van der Waals surface area contributed by atoms with Crippen LogP contribution in [0, 0.1) is 18.3 Å². The number of nitriles is 1. The molecule has 0 aromatic heterocycles. The largest absolute Gasteiger partial charge is 0.263 e. The maximum absolute atomic E-state index is 12.8. The van der Waals surface area contributed by atoms with E-state index in [1.807, 2.05) is 36.4 Å². The number of nitrogens with zero attached hydrogens (tertiary/aromatic N) is 2. The van der Waals surface area contributed by atoms with Gasteiger partial charge < -0.3 is 0 Å². The number of rotatable bonds is 6. The van der Waals surface area contributed by atoms with Crippen LogP contribution in [0.1, 0.15) is 16.7 Å². The van der Waals surface area contributed by atoms with E-state index in [-0.39, 0.29) is 11.6 Å². The lowest BCUT2D eigenvalue weighted by Crippen LogP contribution is -2.30. The molecule has 0 saturated carbocycles. The zero-order valence-corrected chi connectivity index (χ0v) is 15.3. The van der Waals surface area contributed by atoms with E-state index in [0.29, 0.717) is 16.8 Å². The molecule has 0 aliphatic carbocycles. The van der Waals surface area contributed by atoms with Crippen LogP contribution in [0.5, 0.6) is 0 Å². The van der Waals surface area contributed by atoms with Crippen molar-refractivity contribution in [1.82, 2.24) is 0 Å². The summed E-state index contributed by atoms with van der Waals surface area (Å²) in [6.07, 6.45) is 3.03. The normalized spacial score (nSPS) is 11.2. The molecule has 0 saturated heterocycles. The number of benzene rings is 2. The molecule has 0 amide bonds. The first-order valence-corrected chi connectivity index (χ1v) is 9.35. The second kappa shape index (κ2) is 8.02. The molecular weight excluding hydrogens is 356 g/mol. The van der Waals surface area contributed by atoms with Gasteiger partial charge >= 0.3 is 0 Å². The fraction of sp³-hybridized carbons (Fsp3) is 0.105. The average molecular weight is 373 g/mol. The van der Waals surface area contributed by atoms with Gasteiger partial charge in [-0.1, -0.05) is 48.0 Å². The van der Waals surface area contributed by atoms with E-state index in [9.17, 15) is 8.42 Å². The summed E-state index contributed by atoms with van der Waals surface area (Å²) in [5.41, 5.74) is 2.03. The number of anilines is 1. The van der Waals surface area contributed by atoms with Gasteiger partial charge in [0, 0.05) is 0 Å². The predicted octanol–water partition coefficient (Wildman–Crippen LogP) is 4.51. The zero-order valence-electron chi connectivity index (χ0n) is 13.7. The molecule has 0 radical (unpaired) electrons. The monoisotopic (exact) mass is 372 g/mol. The van der Waals surface area contributed by atoms with Crippen molar-refractivity contribution < 1.29 is 8.42 Å². The lowest BCUT2D eigenvalue weighted by atomic mass is 10.1. The van der Waals surface area contributed by atoms with E-state index in [1.54, 1.807) is 13.0 Å². The van der Waals surface area contributed by atoms with Gasteiger partial charge in [0.25, 0.3) is 10.0 Å². The van der Waals surface area contributed by atoms with E-state index in [1.165, 1.54) is 22.5 Å². The molecule has 128 valence electrons. The van der Waals surface area contributed by atoms with Crippen LogP contribution in [0.3, 0.4) is 0 Å². The van der Waals surface area contributed by atoms with Crippen molar-refractivity contribution in [3.05, 3.63) is 82.2 Å². The van der Waals surface area contributed by atoms with E-state index >= 15 is 0 Å². The first kappa shape index (κ1) is 18.8. The fourth-order valence-electron chi connectivity index (χ4n) is 2.29. The van der Waals surface area contributed by atoms with Crippen LogP contribution >= 0.6 is 11.6 Å². The second-order valence-corrected chi connectivity index (χ2v) is 7.38. The molecule has 2 aromatic carbocycles. The van der Waals surface area contributed by atoms with Crippen LogP contribution in [0.15, 0.2) is 60.5 Å². The van der Waals surface area contributed by atoms with Gasteiger partial charge in [0.2, 0.25) is 0 Å². The van der Waals surface area contributed by atoms with Crippen molar-refractivity contribution in [2.45, 2.75) is 6.92 Å². The van der Waals surface area contributed by atoms with Gasteiger partial charge in [-0.15, -0.1) is 6.58 Å². The zero-order chi connectivity index (χ0) is 18.4. The summed E-state index contributed by atoms with van der Waals surface area (Å²) in [5.74, 6) is 0. The molecule has 0 fully saturated rings. The van der Waals surface area contributed by atoms with Crippen LogP contribution in [-0.4, -0.2) is 15.0 Å². The van der Waals surface area contributed by atoms with Gasteiger partial charge in [-0.3, -0.25) is 4.31 Å². The van der Waals surface area contributed by atoms with Crippen LogP contribution in [0.4, 0.5) is 5.69 Å². The van der Waals surface area contributed by atoms with Gasteiger partial charge in [-0.2, -0.15) is 5.26 Å². The molecule has 0 bridgehead atoms. The average Bonchev–Trinajstić information content (AvgIpc) is 2.61. The molecule has 2 rings (SSSR count). The van der Waals surface area contributed by atoms with Crippen LogP contribution in [0.25, 0.3) is 6.08 Å². The minimum absolute atomic E-state index is 0.0878. The third-order valence-corrected chi connectivity index (χ3v) is 5.51. The summed E-state index contributed by atoms with van der Waals surface area (Å²) >= 11 is 6.18. The standard InChI is InChI=1S/C19H17ClN2O2S/c1-3-12-22(18-10-9-17(14-21)19(20)15(18)2)25(23,24)13-11-16-7-5-4-6-8-16/h3-11,13H,1,12H2,2H3. The highest BCUT2D eigenvalue weighted by molar-refractivity contribution is 7.95. The maximum Gasteiger partial charge on any atom is 0.257 e. The first-order chi connectivity index (χ1) is 11.9. The van der Waals surface area contributed by atoms with E-state index in [0.717, 1.165) is 11.0 Å². The van der Waals surface area contributed by atoms with E-state index in [2.05, 4.69) is 6.58 Å². The Hall–Kier alpha value is -2.55. The van der Waals surface area contributed by atoms with Crippen LogP contribution in [0.2, 0.25) is 5.02 Å². The lowest BCUT2D eigenvalue weighted by molar-refractivity contribution is 0.601. The smallest absolute Gasteiger partial charge is 0.257 e. The molecule has 2 aromatic rings. The van der Waals surface area contributed by atoms with E-state index in [4.69, 9.17) is 16.9 Å². The molecule has 0 heterocycles. The van der Waals surface area contributed by atoms with Gasteiger partial charge in [-0.05, 0) is 36.3 Å². The molecule has 0 aliphatic heterocycles. The van der Waals surface area contributed by atoms with Crippen molar-refractivity contribution >= 4 is 33.4 Å². The molecular formula is C19H17ClN2O2S. The van der Waals surface area contributed by atoms with Crippen molar-refractivity contribution in [1.29, 1.82) is 5.26 Å². The summed E-state index contributed by atoms with van der Waals surface area (Å²) < 4.78 is 26.8. The van der Waals surface area contributed by atoms with Gasteiger partial charge in [0.15, 0.2) is 0 Å². The Morgan fingerprint density at radius 3 is 2.52 bits per heavy atom. The molecule has 6 heteroatoms. The SMILES string of the molecule is C=CCN(c1ccc(C#N)c(Cl)c1C)S(=O)(=O)C=Cc1ccccc1. The quantitative estimate of drug-likeness (QED) is 0.700. The first-order valence-electron chi connectivity index (χ1n) is 7.46. The topological polar surface area (TPSA) is 61.2 Å². The Kier molecular flexibility index (Phi) is 6.02. The highest BCUT2D eigenvalue weighted by Gasteiger charge is 2.22. The van der Waals surface area contributed by atoms with Crippen molar-refractivity contribution in [3.63, 3.8) is 0 Å². The van der Waals surface area contributed by atoms with Crippen LogP contribution in [-0.2, 0) is 10.0 Å².